The number of likely N-dealkylation sites (N-methyl/N-ethyl adjacent to an activating group) is 1. The fourth-order valence-corrected chi connectivity index (χ4v) is 4.19. The number of carbonyl (C=O) groups is 2. The van der Waals surface area contributed by atoms with Crippen LogP contribution in [0, 0.1) is 5.41 Å². The van der Waals surface area contributed by atoms with E-state index in [4.69, 9.17) is 4.74 Å². The van der Waals surface area contributed by atoms with Gasteiger partial charge in [0.15, 0.2) is 18.1 Å². The minimum absolute atomic E-state index is 0.0109. The van der Waals surface area contributed by atoms with Crippen molar-refractivity contribution in [3.05, 3.63) is 24.3 Å². The van der Waals surface area contributed by atoms with Crippen molar-refractivity contribution in [2.45, 2.75) is 25.7 Å². The molecule has 1 spiro atoms. The fraction of sp³-hybridized carbons (Fsp3) is 0.619. The monoisotopic (exact) mass is 389 g/mol. The van der Waals surface area contributed by atoms with Crippen LogP contribution >= 0.6 is 0 Å². The third kappa shape index (κ3) is 4.95. The van der Waals surface area contributed by atoms with Crippen molar-refractivity contribution in [3.63, 3.8) is 0 Å². The Labute approximate surface area is 166 Å². The molecule has 0 aliphatic carbocycles. The predicted octanol–water partition coefficient (Wildman–Crippen LogP) is 1.56. The Hall–Kier alpha value is -2.28. The number of rotatable bonds is 6. The molecule has 7 heteroatoms. The van der Waals surface area contributed by atoms with Gasteiger partial charge in [0.1, 0.15) is 0 Å². The number of phenols is 1. The van der Waals surface area contributed by atoms with E-state index >= 15 is 0 Å². The number of amides is 2. The van der Waals surface area contributed by atoms with Crippen molar-refractivity contribution in [2.24, 2.45) is 5.41 Å². The number of hydrogen-bond acceptors (Lipinski definition) is 5. The lowest BCUT2D eigenvalue weighted by molar-refractivity contribution is -0.144. The highest BCUT2D eigenvalue weighted by Crippen LogP contribution is 2.39. The normalized spacial score (nSPS) is 22.8. The minimum atomic E-state index is -0.0864. The first-order valence-corrected chi connectivity index (χ1v) is 10.00. The summed E-state index contributed by atoms with van der Waals surface area (Å²) in [5, 5.41) is 9.79. The number of carbonyl (C=O) groups excluding carboxylic acids is 2. The lowest BCUT2D eigenvalue weighted by Crippen LogP contribution is -2.56. The van der Waals surface area contributed by atoms with E-state index in [-0.39, 0.29) is 29.6 Å². The van der Waals surface area contributed by atoms with Gasteiger partial charge in [-0.05, 0) is 45.5 Å². The number of piperidine rings is 2. The van der Waals surface area contributed by atoms with Crippen molar-refractivity contribution in [1.29, 1.82) is 0 Å². The zero-order valence-corrected chi connectivity index (χ0v) is 16.9. The number of ether oxygens (including phenoxy) is 1. The first-order chi connectivity index (χ1) is 13.4. The van der Waals surface area contributed by atoms with E-state index in [1.807, 2.05) is 23.9 Å². The van der Waals surface area contributed by atoms with Crippen molar-refractivity contribution >= 4 is 11.8 Å². The SMILES string of the molecule is CN(C)CCN1C[C@@]2(CCCN(C(=O)COc3ccccc3O)C2)CCC1=O. The van der Waals surface area contributed by atoms with Gasteiger partial charge in [0, 0.05) is 44.6 Å². The maximum Gasteiger partial charge on any atom is 0.260 e. The van der Waals surface area contributed by atoms with E-state index in [0.717, 1.165) is 45.4 Å². The van der Waals surface area contributed by atoms with Crippen molar-refractivity contribution in [3.8, 4) is 11.5 Å². The Morgan fingerprint density at radius 3 is 2.79 bits per heavy atom. The molecule has 0 aromatic heterocycles. The van der Waals surface area contributed by atoms with Gasteiger partial charge in [-0.2, -0.15) is 0 Å². The maximum atomic E-state index is 12.7. The molecule has 1 aromatic carbocycles. The molecule has 3 rings (SSSR count). The third-order valence-electron chi connectivity index (χ3n) is 5.80. The molecular weight excluding hydrogens is 358 g/mol. The smallest absolute Gasteiger partial charge is 0.260 e. The first-order valence-electron chi connectivity index (χ1n) is 10.00. The van der Waals surface area contributed by atoms with Crippen LogP contribution in [-0.4, -0.2) is 85.0 Å². The van der Waals surface area contributed by atoms with Gasteiger partial charge in [0.05, 0.1) is 0 Å². The van der Waals surface area contributed by atoms with Gasteiger partial charge in [0.25, 0.3) is 5.91 Å². The second-order valence-electron chi connectivity index (χ2n) is 8.29. The summed E-state index contributed by atoms with van der Waals surface area (Å²) >= 11 is 0. The van der Waals surface area contributed by atoms with Crippen LogP contribution in [-0.2, 0) is 9.59 Å². The molecule has 1 N–H and O–H groups in total. The molecule has 0 bridgehead atoms. The van der Waals surface area contributed by atoms with Gasteiger partial charge in [-0.3, -0.25) is 9.59 Å². The summed E-state index contributed by atoms with van der Waals surface area (Å²) < 4.78 is 5.52. The lowest BCUT2D eigenvalue weighted by Gasteiger charge is -2.48. The molecule has 2 heterocycles. The molecule has 2 aliphatic heterocycles. The molecule has 7 nitrogen and oxygen atoms in total. The van der Waals surface area contributed by atoms with Gasteiger partial charge >= 0.3 is 0 Å². The summed E-state index contributed by atoms with van der Waals surface area (Å²) in [4.78, 5) is 30.9. The second kappa shape index (κ2) is 8.82. The molecule has 1 atom stereocenters. The molecule has 0 unspecified atom stereocenters. The summed E-state index contributed by atoms with van der Waals surface area (Å²) in [5.41, 5.74) is -0.0109. The molecule has 2 amide bonds. The Balaban J connectivity index is 1.58. The number of para-hydroxylation sites is 2. The molecule has 0 radical (unpaired) electrons. The van der Waals surface area contributed by atoms with Gasteiger partial charge < -0.3 is 24.5 Å². The molecule has 154 valence electrons. The van der Waals surface area contributed by atoms with E-state index in [9.17, 15) is 14.7 Å². The topological polar surface area (TPSA) is 73.3 Å². The van der Waals surface area contributed by atoms with Crippen LogP contribution in [0.15, 0.2) is 24.3 Å². The predicted molar refractivity (Wildman–Crippen MR) is 106 cm³/mol. The average Bonchev–Trinajstić information content (AvgIpc) is 2.68. The van der Waals surface area contributed by atoms with E-state index in [1.54, 1.807) is 18.2 Å². The molecule has 2 saturated heterocycles. The number of benzene rings is 1. The summed E-state index contributed by atoms with van der Waals surface area (Å²) in [6.07, 6.45) is 3.39. The Bertz CT molecular complexity index is 709. The van der Waals surface area contributed by atoms with Gasteiger partial charge in [0.2, 0.25) is 5.91 Å². The maximum absolute atomic E-state index is 12.7. The van der Waals surface area contributed by atoms with Crippen molar-refractivity contribution in [1.82, 2.24) is 14.7 Å². The standard InChI is InChI=1S/C21H31N3O4/c1-22(2)12-13-24-16-21(10-8-19(24)26)9-5-11-23(15-21)20(27)14-28-18-7-4-3-6-17(18)25/h3-4,6-7,25H,5,8-16H2,1-2H3/t21-/m0/s1. The summed E-state index contributed by atoms with van der Waals surface area (Å²) in [7, 11) is 4.02. The van der Waals surface area contributed by atoms with Crippen LogP contribution in [0.2, 0.25) is 0 Å². The largest absolute Gasteiger partial charge is 0.504 e. The van der Waals surface area contributed by atoms with Crippen LogP contribution in [0.5, 0.6) is 11.5 Å². The Morgan fingerprint density at radius 2 is 2.04 bits per heavy atom. The van der Waals surface area contributed by atoms with E-state index in [1.165, 1.54) is 6.07 Å². The molecular formula is C21H31N3O4. The number of hydrogen-bond donors (Lipinski definition) is 1. The summed E-state index contributed by atoms with van der Waals surface area (Å²) in [6.45, 7) is 3.61. The zero-order valence-electron chi connectivity index (χ0n) is 16.9. The van der Waals surface area contributed by atoms with E-state index in [2.05, 4.69) is 4.90 Å². The Kier molecular flexibility index (Phi) is 6.44. The molecule has 1 aromatic rings. The second-order valence-corrected chi connectivity index (χ2v) is 8.29. The summed E-state index contributed by atoms with van der Waals surface area (Å²) in [5.74, 6) is 0.506. The van der Waals surface area contributed by atoms with Crippen LogP contribution < -0.4 is 4.74 Å². The highest BCUT2D eigenvalue weighted by Gasteiger charge is 2.42. The minimum Gasteiger partial charge on any atom is -0.504 e. The third-order valence-corrected chi connectivity index (χ3v) is 5.80. The van der Waals surface area contributed by atoms with Crippen LogP contribution in [0.1, 0.15) is 25.7 Å². The van der Waals surface area contributed by atoms with Gasteiger partial charge in [-0.25, -0.2) is 0 Å². The molecule has 2 aliphatic rings. The highest BCUT2D eigenvalue weighted by atomic mass is 16.5. The molecule has 28 heavy (non-hydrogen) atoms. The van der Waals surface area contributed by atoms with E-state index < -0.39 is 0 Å². The molecule has 0 saturated carbocycles. The van der Waals surface area contributed by atoms with Crippen molar-refractivity contribution < 1.29 is 19.4 Å². The Morgan fingerprint density at radius 1 is 1.25 bits per heavy atom. The van der Waals surface area contributed by atoms with Gasteiger partial charge in [-0.15, -0.1) is 0 Å². The van der Waals surface area contributed by atoms with Crippen LogP contribution in [0.4, 0.5) is 0 Å². The molecule has 2 fully saturated rings. The first kappa shape index (κ1) is 20.5. The summed E-state index contributed by atoms with van der Waals surface area (Å²) in [6, 6.07) is 6.66. The van der Waals surface area contributed by atoms with Crippen LogP contribution in [0.3, 0.4) is 0 Å². The zero-order chi connectivity index (χ0) is 20.1. The quantitative estimate of drug-likeness (QED) is 0.799. The number of nitrogens with zero attached hydrogens (tertiary/aromatic N) is 3. The van der Waals surface area contributed by atoms with E-state index in [0.29, 0.717) is 18.7 Å². The van der Waals surface area contributed by atoms with Crippen molar-refractivity contribution in [2.75, 3.05) is 53.4 Å². The number of aromatic hydroxyl groups is 1. The number of likely N-dealkylation sites (tertiary alicyclic amines) is 2. The van der Waals surface area contributed by atoms with Crippen LogP contribution in [0.25, 0.3) is 0 Å². The highest BCUT2D eigenvalue weighted by molar-refractivity contribution is 5.79. The lowest BCUT2D eigenvalue weighted by atomic mass is 9.73. The fourth-order valence-electron chi connectivity index (χ4n) is 4.19. The average molecular weight is 389 g/mol. The van der Waals surface area contributed by atoms with Gasteiger partial charge in [-0.1, -0.05) is 12.1 Å². The number of phenolic OH excluding ortho intramolecular Hbond substituents is 1.